The number of aryl methyl sites for hydroxylation is 2. The Bertz CT molecular complexity index is 488. The topological polar surface area (TPSA) is 55.6 Å². The Hall–Kier alpha value is -1.75. The highest BCUT2D eigenvalue weighted by atomic mass is 15.1. The lowest BCUT2D eigenvalue weighted by atomic mass is 10.1. The minimum absolute atomic E-state index is 0.108. The van der Waals surface area contributed by atoms with Crippen molar-refractivity contribution >= 4 is 0 Å². The Morgan fingerprint density at radius 2 is 2.00 bits per heavy atom. The van der Waals surface area contributed by atoms with E-state index in [9.17, 15) is 0 Å². The van der Waals surface area contributed by atoms with Gasteiger partial charge in [-0.15, -0.1) is 0 Å². The van der Waals surface area contributed by atoms with Crippen LogP contribution in [0.2, 0.25) is 0 Å². The number of nitrogens with one attached hydrogen (secondary N) is 1. The van der Waals surface area contributed by atoms with E-state index >= 15 is 0 Å². The molecule has 18 heavy (non-hydrogen) atoms. The largest absolute Gasteiger partial charge is 0.338 e. The molecule has 0 spiro atoms. The van der Waals surface area contributed by atoms with E-state index < -0.39 is 0 Å². The lowest BCUT2D eigenvalue weighted by Gasteiger charge is -2.16. The van der Waals surface area contributed by atoms with Gasteiger partial charge < -0.3 is 9.88 Å². The summed E-state index contributed by atoms with van der Waals surface area (Å²) >= 11 is 0. The Labute approximate surface area is 107 Å². The van der Waals surface area contributed by atoms with Gasteiger partial charge in [0.1, 0.15) is 11.6 Å². The highest BCUT2D eigenvalue weighted by Gasteiger charge is 2.16. The van der Waals surface area contributed by atoms with Crippen LogP contribution >= 0.6 is 0 Å². The molecule has 0 aliphatic carbocycles. The molecule has 0 saturated carbocycles. The SMILES string of the molecule is CCNC(Cc1nccn1C)c1ncc(C)cn1. The van der Waals surface area contributed by atoms with E-state index in [1.54, 1.807) is 0 Å². The zero-order chi connectivity index (χ0) is 13.0. The fourth-order valence-electron chi connectivity index (χ4n) is 1.86. The maximum Gasteiger partial charge on any atom is 0.145 e. The van der Waals surface area contributed by atoms with Crippen LogP contribution in [0.4, 0.5) is 0 Å². The number of hydrogen-bond donors (Lipinski definition) is 1. The molecule has 0 radical (unpaired) electrons. The minimum Gasteiger partial charge on any atom is -0.338 e. The van der Waals surface area contributed by atoms with Gasteiger partial charge >= 0.3 is 0 Å². The number of likely N-dealkylation sites (N-methyl/N-ethyl adjacent to an activating group) is 1. The first-order valence-electron chi connectivity index (χ1n) is 6.18. The lowest BCUT2D eigenvalue weighted by Crippen LogP contribution is -2.26. The molecule has 0 aromatic carbocycles. The summed E-state index contributed by atoms with van der Waals surface area (Å²) in [7, 11) is 2.00. The Balaban J connectivity index is 2.18. The highest BCUT2D eigenvalue weighted by molar-refractivity contribution is 5.07. The molecular weight excluding hydrogens is 226 g/mol. The van der Waals surface area contributed by atoms with Crippen LogP contribution in [-0.4, -0.2) is 26.1 Å². The lowest BCUT2D eigenvalue weighted by molar-refractivity contribution is 0.503. The fourth-order valence-corrected chi connectivity index (χ4v) is 1.86. The summed E-state index contributed by atoms with van der Waals surface area (Å²) in [5.74, 6) is 1.86. The average molecular weight is 245 g/mol. The summed E-state index contributed by atoms with van der Waals surface area (Å²) in [6.07, 6.45) is 8.26. The second-order valence-corrected chi connectivity index (χ2v) is 4.39. The molecule has 0 aliphatic heterocycles. The molecule has 1 atom stereocenters. The van der Waals surface area contributed by atoms with Crippen LogP contribution in [0, 0.1) is 6.92 Å². The molecule has 2 heterocycles. The van der Waals surface area contributed by atoms with Gasteiger partial charge in [-0.2, -0.15) is 0 Å². The second-order valence-electron chi connectivity index (χ2n) is 4.39. The first-order chi connectivity index (χ1) is 8.70. The quantitative estimate of drug-likeness (QED) is 0.865. The molecule has 96 valence electrons. The van der Waals surface area contributed by atoms with Crippen molar-refractivity contribution in [2.45, 2.75) is 26.3 Å². The van der Waals surface area contributed by atoms with Gasteiger partial charge in [0.05, 0.1) is 6.04 Å². The molecule has 1 unspecified atom stereocenters. The molecule has 0 bridgehead atoms. The van der Waals surface area contributed by atoms with Gasteiger partial charge in [-0.1, -0.05) is 6.92 Å². The molecule has 1 N–H and O–H groups in total. The van der Waals surface area contributed by atoms with E-state index in [1.807, 2.05) is 43.3 Å². The third kappa shape index (κ3) is 2.92. The summed E-state index contributed by atoms with van der Waals surface area (Å²) in [6, 6.07) is 0.108. The monoisotopic (exact) mass is 245 g/mol. The van der Waals surface area contributed by atoms with E-state index in [2.05, 4.69) is 27.2 Å². The minimum atomic E-state index is 0.108. The number of imidazole rings is 1. The van der Waals surface area contributed by atoms with Crippen molar-refractivity contribution in [3.8, 4) is 0 Å². The summed E-state index contributed by atoms with van der Waals surface area (Å²) in [5, 5.41) is 3.41. The van der Waals surface area contributed by atoms with E-state index in [0.29, 0.717) is 0 Å². The maximum atomic E-state index is 4.40. The number of aromatic nitrogens is 4. The highest BCUT2D eigenvalue weighted by Crippen LogP contribution is 2.13. The zero-order valence-electron chi connectivity index (χ0n) is 11.1. The van der Waals surface area contributed by atoms with Crippen LogP contribution in [0.25, 0.3) is 0 Å². The van der Waals surface area contributed by atoms with Crippen molar-refractivity contribution < 1.29 is 0 Å². The van der Waals surface area contributed by atoms with Crippen molar-refractivity contribution in [1.82, 2.24) is 24.8 Å². The molecule has 0 fully saturated rings. The first kappa shape index (κ1) is 12.7. The smallest absolute Gasteiger partial charge is 0.145 e. The number of hydrogen-bond acceptors (Lipinski definition) is 4. The summed E-state index contributed by atoms with van der Waals surface area (Å²) in [6.45, 7) is 4.96. The summed E-state index contributed by atoms with van der Waals surface area (Å²) in [5.41, 5.74) is 1.07. The molecular formula is C13H19N5. The third-order valence-corrected chi connectivity index (χ3v) is 2.87. The molecule has 2 rings (SSSR count). The van der Waals surface area contributed by atoms with Crippen LogP contribution in [0.15, 0.2) is 24.8 Å². The van der Waals surface area contributed by atoms with Gasteiger partial charge in [-0.3, -0.25) is 0 Å². The predicted molar refractivity (Wildman–Crippen MR) is 70.1 cm³/mol. The van der Waals surface area contributed by atoms with E-state index in [-0.39, 0.29) is 6.04 Å². The van der Waals surface area contributed by atoms with Crippen LogP contribution in [0.3, 0.4) is 0 Å². The number of rotatable bonds is 5. The van der Waals surface area contributed by atoms with Crippen molar-refractivity contribution in [3.05, 3.63) is 42.0 Å². The number of nitrogens with zero attached hydrogens (tertiary/aromatic N) is 4. The molecule has 5 nitrogen and oxygen atoms in total. The summed E-state index contributed by atoms with van der Waals surface area (Å²) < 4.78 is 2.03. The predicted octanol–water partition coefficient (Wildman–Crippen LogP) is 1.41. The second kappa shape index (κ2) is 5.73. The Kier molecular flexibility index (Phi) is 4.04. The zero-order valence-corrected chi connectivity index (χ0v) is 11.1. The molecule has 0 amide bonds. The average Bonchev–Trinajstić information content (AvgIpc) is 2.76. The normalized spacial score (nSPS) is 12.6. The standard InChI is InChI=1S/C13H19N5/c1-4-14-11(7-12-15-5-6-18(12)3)13-16-8-10(2)9-17-13/h5-6,8-9,11,14H,4,7H2,1-3H3. The van der Waals surface area contributed by atoms with Gasteiger partial charge in [-0.05, 0) is 19.0 Å². The van der Waals surface area contributed by atoms with Crippen molar-refractivity contribution in [1.29, 1.82) is 0 Å². The van der Waals surface area contributed by atoms with Crippen molar-refractivity contribution in [2.24, 2.45) is 7.05 Å². The van der Waals surface area contributed by atoms with Crippen LogP contribution in [0.5, 0.6) is 0 Å². The van der Waals surface area contributed by atoms with E-state index in [1.165, 1.54) is 0 Å². The molecule has 0 saturated heterocycles. The molecule has 5 heteroatoms. The van der Waals surface area contributed by atoms with Crippen molar-refractivity contribution in [3.63, 3.8) is 0 Å². The van der Waals surface area contributed by atoms with Crippen LogP contribution < -0.4 is 5.32 Å². The van der Waals surface area contributed by atoms with Gasteiger partial charge in [-0.25, -0.2) is 15.0 Å². The van der Waals surface area contributed by atoms with Crippen molar-refractivity contribution in [2.75, 3.05) is 6.54 Å². The maximum absolute atomic E-state index is 4.40. The van der Waals surface area contributed by atoms with Gasteiger partial charge in [0.15, 0.2) is 0 Å². The molecule has 2 aromatic rings. The first-order valence-corrected chi connectivity index (χ1v) is 6.18. The van der Waals surface area contributed by atoms with Crippen LogP contribution in [0.1, 0.15) is 30.2 Å². The van der Waals surface area contributed by atoms with E-state index in [0.717, 1.165) is 30.2 Å². The fraction of sp³-hybridized carbons (Fsp3) is 0.462. The molecule has 0 aliphatic rings. The van der Waals surface area contributed by atoms with E-state index in [4.69, 9.17) is 0 Å². The summed E-state index contributed by atoms with van der Waals surface area (Å²) in [4.78, 5) is 13.1. The van der Waals surface area contributed by atoms with Gasteiger partial charge in [0, 0.05) is 38.3 Å². The third-order valence-electron chi connectivity index (χ3n) is 2.87. The van der Waals surface area contributed by atoms with Gasteiger partial charge in [0.25, 0.3) is 0 Å². The molecule has 2 aromatic heterocycles. The van der Waals surface area contributed by atoms with Crippen LogP contribution in [-0.2, 0) is 13.5 Å². The Morgan fingerprint density at radius 1 is 1.28 bits per heavy atom. The Morgan fingerprint density at radius 3 is 2.56 bits per heavy atom. The van der Waals surface area contributed by atoms with Gasteiger partial charge in [0.2, 0.25) is 0 Å².